The lowest BCUT2D eigenvalue weighted by Gasteiger charge is -2.25. The topological polar surface area (TPSA) is 84.7 Å². The molecule has 1 atom stereocenters. The highest BCUT2D eigenvalue weighted by molar-refractivity contribution is 5.82. The van der Waals surface area contributed by atoms with Crippen molar-refractivity contribution in [3.8, 4) is 11.1 Å². The highest BCUT2D eigenvalue weighted by Gasteiger charge is 2.34. The second-order valence-electron chi connectivity index (χ2n) is 7.46. The maximum Gasteiger partial charge on any atom is 0.410 e. The Kier molecular flexibility index (Phi) is 5.03. The van der Waals surface area contributed by atoms with Gasteiger partial charge in [-0.25, -0.2) is 9.59 Å². The molecule has 1 N–H and O–H groups in total. The third kappa shape index (κ3) is 3.22. The summed E-state index contributed by atoms with van der Waals surface area (Å²) in [5.74, 6) is -1.22. The maximum absolute atomic E-state index is 12.8. The molecule has 3 aromatic rings. The van der Waals surface area contributed by atoms with Crippen LogP contribution in [0.25, 0.3) is 11.1 Å². The van der Waals surface area contributed by atoms with Gasteiger partial charge in [0, 0.05) is 31.3 Å². The lowest BCUT2D eigenvalue weighted by molar-refractivity contribution is -0.142. The maximum atomic E-state index is 12.8. The average molecular weight is 405 g/mol. The summed E-state index contributed by atoms with van der Waals surface area (Å²) in [7, 11) is 3.16. The number of hydrogen-bond donors (Lipinski definition) is 1. The number of ether oxygens (including phenoxy) is 1. The highest BCUT2D eigenvalue weighted by Crippen LogP contribution is 2.44. The van der Waals surface area contributed by atoms with Gasteiger partial charge in [0.05, 0.1) is 6.20 Å². The van der Waals surface area contributed by atoms with Crippen molar-refractivity contribution in [2.75, 3.05) is 13.7 Å². The van der Waals surface area contributed by atoms with Crippen molar-refractivity contribution in [2.24, 2.45) is 7.05 Å². The van der Waals surface area contributed by atoms with E-state index in [0.29, 0.717) is 11.3 Å². The first kappa shape index (κ1) is 19.7. The Labute approximate surface area is 174 Å². The van der Waals surface area contributed by atoms with Crippen LogP contribution in [-0.2, 0) is 16.6 Å². The quantitative estimate of drug-likeness (QED) is 0.699. The van der Waals surface area contributed by atoms with E-state index in [2.05, 4.69) is 17.2 Å². The van der Waals surface area contributed by atoms with Crippen molar-refractivity contribution in [3.05, 3.63) is 77.1 Å². The molecule has 1 unspecified atom stereocenters. The number of nitrogens with zero attached hydrogens (tertiary/aromatic N) is 3. The van der Waals surface area contributed by atoms with Crippen LogP contribution in [0.4, 0.5) is 4.79 Å². The normalized spacial score (nSPS) is 13.4. The fraction of sp³-hybridized carbons (Fsp3) is 0.261. The summed E-state index contributed by atoms with van der Waals surface area (Å²) in [4.78, 5) is 25.8. The van der Waals surface area contributed by atoms with Crippen LogP contribution in [0.1, 0.15) is 34.3 Å². The van der Waals surface area contributed by atoms with Gasteiger partial charge in [-0.05, 0) is 29.2 Å². The van der Waals surface area contributed by atoms with E-state index < -0.39 is 18.1 Å². The summed E-state index contributed by atoms with van der Waals surface area (Å²) >= 11 is 0. The third-order valence-electron chi connectivity index (χ3n) is 5.81. The summed E-state index contributed by atoms with van der Waals surface area (Å²) in [5.41, 5.74) is 5.62. The zero-order valence-electron chi connectivity index (χ0n) is 17.1. The lowest BCUT2D eigenvalue weighted by atomic mass is 9.98. The fourth-order valence-corrected chi connectivity index (χ4v) is 4.09. The lowest BCUT2D eigenvalue weighted by Crippen LogP contribution is -2.37. The monoisotopic (exact) mass is 405 g/mol. The predicted molar refractivity (Wildman–Crippen MR) is 111 cm³/mol. The molecular weight excluding hydrogens is 382 g/mol. The molecule has 1 aliphatic carbocycles. The molecule has 1 aromatic heterocycles. The summed E-state index contributed by atoms with van der Waals surface area (Å²) in [6.45, 7) is 1.90. The molecule has 154 valence electrons. The van der Waals surface area contributed by atoms with E-state index in [1.807, 2.05) is 36.4 Å². The van der Waals surface area contributed by atoms with Crippen LogP contribution < -0.4 is 0 Å². The molecule has 30 heavy (non-hydrogen) atoms. The Morgan fingerprint density at radius 2 is 1.70 bits per heavy atom. The van der Waals surface area contributed by atoms with Crippen LogP contribution >= 0.6 is 0 Å². The van der Waals surface area contributed by atoms with Gasteiger partial charge >= 0.3 is 12.1 Å². The number of carboxylic acid groups (broad SMARTS) is 1. The number of benzene rings is 2. The number of amides is 1. The minimum atomic E-state index is -1.17. The molecular formula is C23H23N3O4. The first-order valence-corrected chi connectivity index (χ1v) is 9.69. The molecule has 1 aliphatic rings. The number of aromatic nitrogens is 2. The van der Waals surface area contributed by atoms with Gasteiger partial charge < -0.3 is 9.84 Å². The summed E-state index contributed by atoms with van der Waals surface area (Å²) in [5, 5.41) is 13.8. The number of rotatable bonds is 5. The Hall–Kier alpha value is -3.61. The van der Waals surface area contributed by atoms with E-state index in [1.54, 1.807) is 18.7 Å². The number of likely N-dealkylation sites (N-methyl/N-ethyl adjacent to an activating group) is 1. The molecule has 1 amide bonds. The standard InChI is InChI=1S/C23H23N3O4/c1-14-19(12-24-26(14)3)21(22(27)28)25(2)23(29)30-13-20-17-10-6-4-8-15(17)16-9-5-7-11-18(16)20/h4-12,20-21H,13H2,1-3H3,(H,27,28). The molecule has 0 saturated heterocycles. The minimum Gasteiger partial charge on any atom is -0.479 e. The van der Waals surface area contributed by atoms with Gasteiger partial charge in [0.15, 0.2) is 6.04 Å². The van der Waals surface area contributed by atoms with Crippen LogP contribution in [0, 0.1) is 6.92 Å². The molecule has 0 saturated carbocycles. The Bertz CT molecular complexity index is 1080. The molecule has 0 radical (unpaired) electrons. The Morgan fingerprint density at radius 3 is 2.20 bits per heavy atom. The van der Waals surface area contributed by atoms with Crippen molar-refractivity contribution >= 4 is 12.1 Å². The SMILES string of the molecule is Cc1c(C(C(=O)O)N(C)C(=O)OCC2c3ccccc3-c3ccccc32)cnn1C. The predicted octanol–water partition coefficient (Wildman–Crippen LogP) is 3.74. The van der Waals surface area contributed by atoms with Crippen LogP contribution in [-0.4, -0.2) is 45.5 Å². The number of carboxylic acids is 1. The van der Waals surface area contributed by atoms with Gasteiger partial charge in [-0.15, -0.1) is 0 Å². The number of hydrogen-bond acceptors (Lipinski definition) is 4. The van der Waals surface area contributed by atoms with E-state index in [1.165, 1.54) is 13.2 Å². The van der Waals surface area contributed by atoms with Crippen LogP contribution in [0.2, 0.25) is 0 Å². The van der Waals surface area contributed by atoms with E-state index in [9.17, 15) is 14.7 Å². The van der Waals surface area contributed by atoms with Gasteiger partial charge in [-0.3, -0.25) is 9.58 Å². The number of aliphatic carboxylic acids is 1. The zero-order valence-corrected chi connectivity index (χ0v) is 17.1. The Balaban J connectivity index is 1.54. The first-order valence-electron chi connectivity index (χ1n) is 9.69. The van der Waals surface area contributed by atoms with Crippen LogP contribution in [0.5, 0.6) is 0 Å². The van der Waals surface area contributed by atoms with E-state index in [4.69, 9.17) is 4.74 Å². The van der Waals surface area contributed by atoms with Gasteiger partial charge in [0.1, 0.15) is 6.61 Å². The molecule has 7 nitrogen and oxygen atoms in total. The summed E-state index contributed by atoms with van der Waals surface area (Å²) in [6.07, 6.45) is 0.786. The molecule has 1 heterocycles. The van der Waals surface area contributed by atoms with Crippen molar-refractivity contribution in [1.82, 2.24) is 14.7 Å². The highest BCUT2D eigenvalue weighted by atomic mass is 16.6. The van der Waals surface area contributed by atoms with Crippen molar-refractivity contribution in [3.63, 3.8) is 0 Å². The van der Waals surface area contributed by atoms with Crippen LogP contribution in [0.3, 0.4) is 0 Å². The Morgan fingerprint density at radius 1 is 1.13 bits per heavy atom. The molecule has 4 rings (SSSR count). The van der Waals surface area contributed by atoms with E-state index >= 15 is 0 Å². The zero-order chi connectivity index (χ0) is 21.4. The molecule has 0 fully saturated rings. The molecule has 0 spiro atoms. The number of carbonyl (C=O) groups excluding carboxylic acids is 1. The first-order chi connectivity index (χ1) is 14.4. The molecule has 2 aromatic carbocycles. The minimum absolute atomic E-state index is 0.0850. The van der Waals surface area contributed by atoms with E-state index in [-0.39, 0.29) is 12.5 Å². The average Bonchev–Trinajstić information content (AvgIpc) is 3.24. The van der Waals surface area contributed by atoms with Gasteiger partial charge in [0.2, 0.25) is 0 Å². The van der Waals surface area contributed by atoms with Gasteiger partial charge in [-0.1, -0.05) is 48.5 Å². The summed E-state index contributed by atoms with van der Waals surface area (Å²) in [6, 6.07) is 15.0. The van der Waals surface area contributed by atoms with Gasteiger partial charge in [-0.2, -0.15) is 5.10 Å². The van der Waals surface area contributed by atoms with Crippen LogP contribution in [0.15, 0.2) is 54.7 Å². The molecule has 7 heteroatoms. The number of carbonyl (C=O) groups is 2. The molecule has 0 aliphatic heterocycles. The second-order valence-corrected chi connectivity index (χ2v) is 7.46. The van der Waals surface area contributed by atoms with Gasteiger partial charge in [0.25, 0.3) is 0 Å². The van der Waals surface area contributed by atoms with Crippen molar-refractivity contribution in [2.45, 2.75) is 18.9 Å². The second kappa shape index (κ2) is 7.67. The number of aryl methyl sites for hydroxylation is 1. The smallest absolute Gasteiger partial charge is 0.410 e. The fourth-order valence-electron chi connectivity index (χ4n) is 4.09. The van der Waals surface area contributed by atoms with Crippen molar-refractivity contribution < 1.29 is 19.4 Å². The van der Waals surface area contributed by atoms with Crippen molar-refractivity contribution in [1.29, 1.82) is 0 Å². The summed E-state index contributed by atoms with van der Waals surface area (Å²) < 4.78 is 7.18. The largest absolute Gasteiger partial charge is 0.479 e. The van der Waals surface area contributed by atoms with E-state index in [0.717, 1.165) is 27.2 Å². The number of fused-ring (bicyclic) bond motifs is 3. The third-order valence-corrected chi connectivity index (χ3v) is 5.81. The molecule has 0 bridgehead atoms.